The molecule has 2 aromatic rings. The summed E-state index contributed by atoms with van der Waals surface area (Å²) in [6.45, 7) is 1.23. The molecule has 1 aromatic heterocycles. The molecule has 2 N–H and O–H groups in total. The second-order valence-electron chi connectivity index (χ2n) is 7.80. The highest BCUT2D eigenvalue weighted by Gasteiger charge is 2.66. The third-order valence-corrected chi connectivity index (χ3v) is 6.02. The quantitative estimate of drug-likeness (QED) is 0.341. The van der Waals surface area contributed by atoms with Crippen LogP contribution in [0.15, 0.2) is 35.5 Å². The summed E-state index contributed by atoms with van der Waals surface area (Å²) in [5.74, 6) is -2.29. The Balaban J connectivity index is 1.76. The summed E-state index contributed by atoms with van der Waals surface area (Å²) < 4.78 is 106. The molecular formula is C18H18F8N6O2S. The summed E-state index contributed by atoms with van der Waals surface area (Å²) in [5, 5.41) is 3.59. The number of rotatable bonds is 5. The number of aromatic nitrogens is 3. The van der Waals surface area contributed by atoms with Gasteiger partial charge in [-0.25, -0.2) is 9.67 Å². The number of amides is 2. The number of likely N-dealkylation sites (tertiary alicyclic amines) is 1. The predicted molar refractivity (Wildman–Crippen MR) is 109 cm³/mol. The van der Waals surface area contributed by atoms with Gasteiger partial charge in [-0.05, 0) is 38.2 Å². The summed E-state index contributed by atoms with van der Waals surface area (Å²) in [6, 6.07) is -0.661. The Bertz CT molecular complexity index is 1180. The van der Waals surface area contributed by atoms with Crippen molar-refractivity contribution in [1.82, 2.24) is 30.5 Å². The van der Waals surface area contributed by atoms with Gasteiger partial charge in [0.15, 0.2) is 5.82 Å². The van der Waals surface area contributed by atoms with Crippen LogP contribution in [0.2, 0.25) is 0 Å². The van der Waals surface area contributed by atoms with Gasteiger partial charge in [0, 0.05) is 24.4 Å². The number of hydrazine groups is 1. The molecule has 2 amide bonds. The van der Waals surface area contributed by atoms with Gasteiger partial charge in [0.05, 0.1) is 11.5 Å². The summed E-state index contributed by atoms with van der Waals surface area (Å²) in [5.41, 5.74) is 1.39. The maximum Gasteiger partial charge on any atom is 0.416 e. The molecule has 0 aliphatic carbocycles. The normalized spacial score (nSPS) is 19.4. The van der Waals surface area contributed by atoms with E-state index in [1.54, 1.807) is 0 Å². The minimum atomic E-state index is -10.5. The van der Waals surface area contributed by atoms with Gasteiger partial charge in [0.1, 0.15) is 11.2 Å². The smallest absolute Gasteiger partial charge is 0.306 e. The van der Waals surface area contributed by atoms with E-state index < -0.39 is 56.1 Å². The second kappa shape index (κ2) is 8.18. The first-order valence-corrected chi connectivity index (χ1v) is 11.6. The molecular weight excluding hydrogens is 516 g/mol. The maximum absolute atomic E-state index is 13.2. The molecule has 1 unspecified atom stereocenters. The first-order chi connectivity index (χ1) is 15.8. The van der Waals surface area contributed by atoms with Gasteiger partial charge in [-0.3, -0.25) is 20.4 Å². The van der Waals surface area contributed by atoms with Crippen LogP contribution in [0.1, 0.15) is 12.0 Å². The van der Waals surface area contributed by atoms with E-state index in [1.165, 1.54) is 0 Å². The molecule has 0 spiro atoms. The third-order valence-electron chi connectivity index (χ3n) is 4.90. The fraction of sp³-hybridized carbons (Fsp3) is 0.333. The molecule has 1 saturated heterocycles. The van der Waals surface area contributed by atoms with E-state index in [0.717, 1.165) is 29.8 Å². The summed E-state index contributed by atoms with van der Waals surface area (Å²) >= 11 is 0. The average Bonchev–Trinajstić information content (AvgIpc) is 3.37. The van der Waals surface area contributed by atoms with Gasteiger partial charge < -0.3 is 4.90 Å². The minimum Gasteiger partial charge on any atom is -0.306 e. The molecule has 1 fully saturated rings. The van der Waals surface area contributed by atoms with Crippen LogP contribution in [0.3, 0.4) is 0 Å². The largest absolute Gasteiger partial charge is 0.416 e. The summed E-state index contributed by atoms with van der Waals surface area (Å²) in [6.07, 6.45) is -2.15. The van der Waals surface area contributed by atoms with Crippen molar-refractivity contribution >= 4 is 28.2 Å². The van der Waals surface area contributed by atoms with Crippen molar-refractivity contribution in [3.8, 4) is 11.4 Å². The molecule has 194 valence electrons. The van der Waals surface area contributed by atoms with Crippen molar-refractivity contribution in [1.29, 1.82) is 0 Å². The van der Waals surface area contributed by atoms with Crippen LogP contribution < -0.4 is 10.9 Å². The fourth-order valence-corrected chi connectivity index (χ4v) is 3.85. The Kier molecular flexibility index (Phi) is 6.17. The molecule has 0 bridgehead atoms. The number of nitrogens with zero attached hydrogens (tertiary/aromatic N) is 4. The van der Waals surface area contributed by atoms with Gasteiger partial charge in [0.2, 0.25) is 5.91 Å². The molecule has 1 aliphatic heterocycles. The highest BCUT2D eigenvalue weighted by atomic mass is 32.5. The summed E-state index contributed by atoms with van der Waals surface area (Å²) in [4.78, 5) is 26.5. The first kappa shape index (κ1) is 26.4. The first-order valence-electron chi connectivity index (χ1n) is 9.66. The molecule has 17 heteroatoms. The molecule has 1 aromatic carbocycles. The van der Waals surface area contributed by atoms with Crippen LogP contribution in [0.4, 0.5) is 32.6 Å². The number of hydrogen-bond donors (Lipinski definition) is 2. The Morgan fingerprint density at radius 2 is 1.80 bits per heavy atom. The van der Waals surface area contributed by atoms with E-state index in [4.69, 9.17) is 0 Å². The lowest BCUT2D eigenvalue weighted by atomic mass is 10.1. The zero-order chi connectivity index (χ0) is 26.3. The highest BCUT2D eigenvalue weighted by molar-refractivity contribution is 8.45. The van der Waals surface area contributed by atoms with Crippen LogP contribution in [0.5, 0.6) is 0 Å². The van der Waals surface area contributed by atoms with E-state index >= 15 is 0 Å². The number of carbonyl (C=O) groups excluding carboxylic acids is 2. The highest BCUT2D eigenvalue weighted by Crippen LogP contribution is 3.02. The van der Waals surface area contributed by atoms with Crippen molar-refractivity contribution in [2.24, 2.45) is 5.92 Å². The molecule has 8 nitrogen and oxygen atoms in total. The fourth-order valence-electron chi connectivity index (χ4n) is 3.15. The monoisotopic (exact) mass is 534 g/mol. The van der Waals surface area contributed by atoms with E-state index in [-0.39, 0.29) is 18.1 Å². The summed E-state index contributed by atoms with van der Waals surface area (Å²) in [7, 11) is -8.62. The average molecular weight is 534 g/mol. The predicted octanol–water partition coefficient (Wildman–Crippen LogP) is 4.19. The number of halogens is 8. The van der Waals surface area contributed by atoms with E-state index in [9.17, 15) is 42.2 Å². The van der Waals surface area contributed by atoms with Crippen LogP contribution in [-0.4, -0.2) is 51.6 Å². The van der Waals surface area contributed by atoms with Crippen LogP contribution in [0, 0.1) is 5.92 Å². The number of nitrogens with one attached hydrogen (secondary N) is 2. The molecule has 0 radical (unpaired) electrons. The van der Waals surface area contributed by atoms with Gasteiger partial charge in [-0.2, -0.15) is 13.2 Å². The zero-order valence-electron chi connectivity index (χ0n) is 17.7. The Morgan fingerprint density at radius 1 is 1.11 bits per heavy atom. The van der Waals surface area contributed by atoms with E-state index in [2.05, 4.69) is 20.9 Å². The Morgan fingerprint density at radius 3 is 2.37 bits per heavy atom. The molecule has 3 rings (SSSR count). The minimum absolute atomic E-state index is 0.178. The van der Waals surface area contributed by atoms with Gasteiger partial charge >= 0.3 is 16.4 Å². The molecule has 35 heavy (non-hydrogen) atoms. The van der Waals surface area contributed by atoms with Crippen molar-refractivity contribution in [2.45, 2.75) is 17.5 Å². The zero-order valence-corrected chi connectivity index (χ0v) is 18.5. The van der Waals surface area contributed by atoms with E-state index in [1.807, 2.05) is 11.9 Å². The number of alkyl halides is 3. The standard InChI is InChI=1S/C18H18F8N6O2S/c1-31-4-2-11(9-31)17(34)29-28-15(33)3-5-32-10-27-16(30-32)12-6-13(18(19,20)21)8-14(7-12)35(22,23,24,25)26/h3,5-8,10-11H,2,4,9H2,1H3,(H,28,33)(H,29,34)/b5-3-. The number of benzene rings is 1. The van der Waals surface area contributed by atoms with Crippen molar-refractivity contribution in [3.05, 3.63) is 36.2 Å². The van der Waals surface area contributed by atoms with Crippen LogP contribution in [-0.2, 0) is 15.8 Å². The molecule has 2 heterocycles. The van der Waals surface area contributed by atoms with Crippen molar-refractivity contribution in [2.75, 3.05) is 20.1 Å². The third kappa shape index (κ3) is 6.91. The van der Waals surface area contributed by atoms with Crippen LogP contribution >= 0.6 is 10.2 Å². The van der Waals surface area contributed by atoms with Gasteiger partial charge in [0.25, 0.3) is 5.91 Å². The lowest BCUT2D eigenvalue weighted by molar-refractivity contribution is -0.137. The van der Waals surface area contributed by atoms with E-state index in [0.29, 0.717) is 13.0 Å². The maximum atomic E-state index is 13.2. The molecule has 1 atom stereocenters. The number of carbonyl (C=O) groups is 2. The topological polar surface area (TPSA) is 92.2 Å². The lowest BCUT2D eigenvalue weighted by Crippen LogP contribution is -2.44. The lowest BCUT2D eigenvalue weighted by Gasteiger charge is -2.40. The molecule has 1 aliphatic rings. The molecule has 0 saturated carbocycles. The van der Waals surface area contributed by atoms with Crippen LogP contribution in [0.25, 0.3) is 17.6 Å². The number of hydrogen-bond acceptors (Lipinski definition) is 5. The van der Waals surface area contributed by atoms with Gasteiger partial charge in [-0.15, -0.1) is 5.10 Å². The van der Waals surface area contributed by atoms with Crippen molar-refractivity contribution in [3.63, 3.8) is 0 Å². The van der Waals surface area contributed by atoms with Crippen molar-refractivity contribution < 1.29 is 42.2 Å². The second-order valence-corrected chi connectivity index (χ2v) is 10.2. The SMILES string of the molecule is CN1CCC(C(=O)NNC(=O)/C=C\n2cnc(-c3cc(C(F)(F)F)cc(S(F)(F)(F)(F)F)c3)n2)C1. The Hall–Kier alpha value is -3.21. The van der Waals surface area contributed by atoms with Gasteiger partial charge in [-0.1, -0.05) is 19.4 Å². The Labute approximate surface area is 192 Å².